The number of nitrogens with zero attached hydrogens (tertiary/aromatic N) is 3. The highest BCUT2D eigenvalue weighted by molar-refractivity contribution is 5.29. The molecule has 0 unspecified atom stereocenters. The lowest BCUT2D eigenvalue weighted by molar-refractivity contribution is 0.446. The molecule has 0 radical (unpaired) electrons. The summed E-state index contributed by atoms with van der Waals surface area (Å²) in [5.41, 5.74) is 7.32. The maximum Gasteiger partial charge on any atom is 0.243 e. The summed E-state index contributed by atoms with van der Waals surface area (Å²) in [6, 6.07) is 5.48. The number of pyridine rings is 1. The zero-order chi connectivity index (χ0) is 11.4. The Kier molecular flexibility index (Phi) is 3.07. The fraction of sp³-hybridized carbons (Fsp3) is 0.182. The van der Waals surface area contributed by atoms with Crippen LogP contribution in [0.3, 0.4) is 0 Å². The Hall–Kier alpha value is -2.01. The number of hydrogen-bond donors (Lipinski definition) is 1. The van der Waals surface area contributed by atoms with Gasteiger partial charge in [0.1, 0.15) is 5.75 Å². The molecule has 5 heteroatoms. The van der Waals surface area contributed by atoms with Crippen molar-refractivity contribution >= 4 is 0 Å². The fourth-order valence-corrected chi connectivity index (χ4v) is 1.21. The van der Waals surface area contributed by atoms with Gasteiger partial charge in [0.15, 0.2) is 0 Å². The first kappa shape index (κ1) is 10.5. The molecule has 2 rings (SSSR count). The van der Waals surface area contributed by atoms with E-state index in [2.05, 4.69) is 15.2 Å². The normalized spacial score (nSPS) is 10.1. The Morgan fingerprint density at radius 2 is 2.19 bits per heavy atom. The van der Waals surface area contributed by atoms with Crippen LogP contribution in [0.15, 0.2) is 30.6 Å². The first-order valence-corrected chi connectivity index (χ1v) is 4.91. The number of hydrogen-bond acceptors (Lipinski definition) is 5. The molecule has 0 aliphatic rings. The van der Waals surface area contributed by atoms with Crippen molar-refractivity contribution in [1.29, 1.82) is 0 Å². The minimum Gasteiger partial charge on any atom is -0.436 e. The average molecular weight is 216 g/mol. The third-order valence-electron chi connectivity index (χ3n) is 2.08. The molecule has 16 heavy (non-hydrogen) atoms. The van der Waals surface area contributed by atoms with E-state index in [0.717, 1.165) is 11.3 Å². The summed E-state index contributed by atoms with van der Waals surface area (Å²) in [5.74, 6) is 1.05. The molecule has 0 fully saturated rings. The van der Waals surface area contributed by atoms with Gasteiger partial charge in [0.05, 0.1) is 12.4 Å². The first-order valence-electron chi connectivity index (χ1n) is 4.91. The van der Waals surface area contributed by atoms with Gasteiger partial charge in [-0.3, -0.25) is 4.98 Å². The largest absolute Gasteiger partial charge is 0.436 e. The minimum absolute atomic E-state index is 0.365. The third kappa shape index (κ3) is 2.32. The van der Waals surface area contributed by atoms with Gasteiger partial charge < -0.3 is 10.5 Å². The summed E-state index contributed by atoms with van der Waals surface area (Å²) in [5, 5.41) is 7.64. The average Bonchev–Trinajstić information content (AvgIpc) is 2.33. The summed E-state index contributed by atoms with van der Waals surface area (Å²) < 4.78 is 5.54. The van der Waals surface area contributed by atoms with E-state index in [0.29, 0.717) is 18.2 Å². The third-order valence-corrected chi connectivity index (χ3v) is 2.08. The molecule has 2 aromatic heterocycles. The highest BCUT2D eigenvalue weighted by atomic mass is 16.5. The molecule has 0 aliphatic carbocycles. The fourth-order valence-electron chi connectivity index (χ4n) is 1.21. The first-order chi connectivity index (χ1) is 7.79. The summed E-state index contributed by atoms with van der Waals surface area (Å²) in [6.45, 7) is 2.28. The van der Waals surface area contributed by atoms with Crippen LogP contribution in [0.1, 0.15) is 11.3 Å². The summed E-state index contributed by atoms with van der Waals surface area (Å²) in [4.78, 5) is 4.13. The van der Waals surface area contributed by atoms with Crippen LogP contribution in [-0.2, 0) is 6.54 Å². The number of nitrogens with two attached hydrogens (primary N) is 1. The molecule has 0 saturated carbocycles. The van der Waals surface area contributed by atoms with Gasteiger partial charge in [0.25, 0.3) is 0 Å². The van der Waals surface area contributed by atoms with Crippen molar-refractivity contribution in [2.75, 3.05) is 0 Å². The highest BCUT2D eigenvalue weighted by Crippen LogP contribution is 2.20. The van der Waals surface area contributed by atoms with Crippen molar-refractivity contribution < 1.29 is 4.74 Å². The number of rotatable bonds is 3. The van der Waals surface area contributed by atoms with E-state index in [1.807, 2.05) is 19.1 Å². The van der Waals surface area contributed by atoms with Crippen LogP contribution < -0.4 is 10.5 Å². The van der Waals surface area contributed by atoms with Gasteiger partial charge in [0, 0.05) is 17.8 Å². The van der Waals surface area contributed by atoms with Crippen molar-refractivity contribution in [1.82, 2.24) is 15.2 Å². The van der Waals surface area contributed by atoms with E-state index in [1.54, 1.807) is 18.5 Å². The predicted molar refractivity (Wildman–Crippen MR) is 59.0 cm³/mol. The van der Waals surface area contributed by atoms with E-state index in [1.165, 1.54) is 0 Å². The molecular formula is C11H12N4O. The maximum absolute atomic E-state index is 5.56. The molecule has 0 aliphatic heterocycles. The highest BCUT2D eigenvalue weighted by Gasteiger charge is 2.05. The number of aryl methyl sites for hydroxylation is 1. The zero-order valence-corrected chi connectivity index (χ0v) is 8.92. The van der Waals surface area contributed by atoms with Gasteiger partial charge >= 0.3 is 0 Å². The van der Waals surface area contributed by atoms with E-state index < -0.39 is 0 Å². The van der Waals surface area contributed by atoms with Crippen LogP contribution in [0.4, 0.5) is 0 Å². The van der Waals surface area contributed by atoms with E-state index in [-0.39, 0.29) is 0 Å². The Morgan fingerprint density at radius 1 is 1.31 bits per heavy atom. The van der Waals surface area contributed by atoms with Crippen molar-refractivity contribution in [3.05, 3.63) is 41.9 Å². The zero-order valence-electron chi connectivity index (χ0n) is 8.92. The van der Waals surface area contributed by atoms with E-state index in [9.17, 15) is 0 Å². The maximum atomic E-state index is 5.56. The second-order valence-electron chi connectivity index (χ2n) is 3.30. The predicted octanol–water partition coefficient (Wildman–Crippen LogP) is 1.43. The van der Waals surface area contributed by atoms with Gasteiger partial charge in [-0.15, -0.1) is 5.10 Å². The van der Waals surface area contributed by atoms with E-state index in [4.69, 9.17) is 10.5 Å². The molecule has 0 atom stereocenters. The van der Waals surface area contributed by atoms with Crippen LogP contribution in [0.5, 0.6) is 11.6 Å². The quantitative estimate of drug-likeness (QED) is 0.840. The minimum atomic E-state index is 0.365. The lowest BCUT2D eigenvalue weighted by atomic mass is 10.3. The van der Waals surface area contributed by atoms with Crippen molar-refractivity contribution in [3.63, 3.8) is 0 Å². The van der Waals surface area contributed by atoms with Gasteiger partial charge in [0.2, 0.25) is 5.88 Å². The summed E-state index contributed by atoms with van der Waals surface area (Å²) in [6.07, 6.45) is 3.23. The topological polar surface area (TPSA) is 73.9 Å². The SMILES string of the molecule is Cc1ccc(Oc2nnccc2CN)cn1. The Bertz CT molecular complexity index is 470. The Balaban J connectivity index is 2.23. The van der Waals surface area contributed by atoms with Crippen molar-refractivity contribution in [2.45, 2.75) is 13.5 Å². The lowest BCUT2D eigenvalue weighted by Crippen LogP contribution is -2.02. The van der Waals surface area contributed by atoms with Gasteiger partial charge in [-0.05, 0) is 25.1 Å². The molecule has 0 aromatic carbocycles. The molecule has 82 valence electrons. The molecule has 5 nitrogen and oxygen atoms in total. The van der Waals surface area contributed by atoms with Crippen LogP contribution in [0.25, 0.3) is 0 Å². The molecule has 2 N–H and O–H groups in total. The Labute approximate surface area is 93.3 Å². The van der Waals surface area contributed by atoms with Crippen LogP contribution in [0.2, 0.25) is 0 Å². The summed E-state index contributed by atoms with van der Waals surface area (Å²) in [7, 11) is 0. The molecule has 0 amide bonds. The number of ether oxygens (including phenoxy) is 1. The second kappa shape index (κ2) is 4.67. The molecule has 2 heterocycles. The molecule has 0 bridgehead atoms. The molecule has 0 spiro atoms. The number of aromatic nitrogens is 3. The standard InChI is InChI=1S/C11H12N4O/c1-8-2-3-10(7-13-8)16-11-9(6-12)4-5-14-15-11/h2-5,7H,6,12H2,1H3. The monoisotopic (exact) mass is 216 g/mol. The molecule has 2 aromatic rings. The molecular weight excluding hydrogens is 204 g/mol. The van der Waals surface area contributed by atoms with Crippen LogP contribution in [-0.4, -0.2) is 15.2 Å². The van der Waals surface area contributed by atoms with Gasteiger partial charge in [-0.25, -0.2) is 0 Å². The van der Waals surface area contributed by atoms with Crippen molar-refractivity contribution in [2.24, 2.45) is 5.73 Å². The van der Waals surface area contributed by atoms with Gasteiger partial charge in [-0.2, -0.15) is 5.10 Å². The molecule has 0 saturated heterocycles. The smallest absolute Gasteiger partial charge is 0.243 e. The lowest BCUT2D eigenvalue weighted by Gasteiger charge is -2.06. The van der Waals surface area contributed by atoms with Crippen molar-refractivity contribution in [3.8, 4) is 11.6 Å². The van der Waals surface area contributed by atoms with Crippen LogP contribution >= 0.6 is 0 Å². The Morgan fingerprint density at radius 3 is 2.88 bits per heavy atom. The van der Waals surface area contributed by atoms with Crippen LogP contribution in [0, 0.1) is 6.92 Å². The van der Waals surface area contributed by atoms with E-state index >= 15 is 0 Å². The van der Waals surface area contributed by atoms with Gasteiger partial charge in [-0.1, -0.05) is 0 Å². The summed E-state index contributed by atoms with van der Waals surface area (Å²) >= 11 is 0. The second-order valence-corrected chi connectivity index (χ2v) is 3.30.